The van der Waals surface area contributed by atoms with E-state index in [0.29, 0.717) is 0 Å². The highest BCUT2D eigenvalue weighted by Gasteiger charge is 2.92. The maximum absolute atomic E-state index is 13.8. The predicted octanol–water partition coefficient (Wildman–Crippen LogP) is 0.495. The first-order chi connectivity index (χ1) is 25.0. The molecule has 6 rings (SSSR count). The molecule has 0 aromatic carbocycles. The zero-order chi connectivity index (χ0) is 40.3. The highest BCUT2D eigenvalue weighted by Crippen LogP contribution is 2.78. The number of hydrogen-bond donors (Lipinski definition) is 3. The number of ether oxygens (including phenoxy) is 8. The number of aliphatic hydroxyl groups is 3. The summed E-state index contributed by atoms with van der Waals surface area (Å²) in [6.07, 6.45) is -11.5. The monoisotopic (exact) mass is 768 g/mol. The van der Waals surface area contributed by atoms with Crippen molar-refractivity contribution >= 4 is 35.8 Å². The lowest BCUT2D eigenvalue weighted by molar-refractivity contribution is -0.363. The van der Waals surface area contributed by atoms with Crippen molar-refractivity contribution in [2.24, 2.45) is 39.4 Å². The maximum atomic E-state index is 13.8. The van der Waals surface area contributed by atoms with Gasteiger partial charge >= 0.3 is 35.8 Å². The zero-order valence-corrected chi connectivity index (χ0v) is 32.2. The van der Waals surface area contributed by atoms with Crippen LogP contribution >= 0.6 is 0 Å². The number of rotatable bonds is 7. The summed E-state index contributed by atoms with van der Waals surface area (Å²) in [5.74, 6) is -8.11. The van der Waals surface area contributed by atoms with Crippen LogP contribution in [0.2, 0.25) is 0 Å². The van der Waals surface area contributed by atoms with Gasteiger partial charge in [0.1, 0.15) is 24.4 Å². The standard InChI is InChI=1S/C37H52O17/c1-15(49-16(2)38)35-14-48-30(44)25(35)32(7)12-11-22-33(8,24(32)23(50-17(3)39)27(35)51-18(4)40)28(52-19(5)41)29(53-20(6)42)34(9)36(22,46)13-21(43)26-37(34,54-26)31(45)47-10/h15,21-30,43-44,46H,11-14H2,1-10H3/t15-,21?,22?,23?,24?,25?,26?,27?,28?,29?,30?,32?,33?,34?,35?,36?,37?/m0/s1. The molecular formula is C37H52O17. The molecule has 302 valence electrons. The number of carbonyl (C=O) groups excluding carboxylic acids is 6. The Balaban J connectivity index is 1.69. The summed E-state index contributed by atoms with van der Waals surface area (Å²) in [4.78, 5) is 78.9. The fourth-order valence-corrected chi connectivity index (χ4v) is 12.8. The fraction of sp³-hybridized carbons (Fsp3) is 0.838. The van der Waals surface area contributed by atoms with Crippen molar-refractivity contribution in [2.75, 3.05) is 13.7 Å². The number of hydrogen-bond acceptors (Lipinski definition) is 17. The lowest BCUT2D eigenvalue weighted by atomic mass is 9.31. The van der Waals surface area contributed by atoms with E-state index >= 15 is 0 Å². The van der Waals surface area contributed by atoms with Gasteiger partial charge in [0.25, 0.3) is 0 Å². The van der Waals surface area contributed by atoms with Crippen molar-refractivity contribution < 1.29 is 82.0 Å². The van der Waals surface area contributed by atoms with Crippen molar-refractivity contribution in [1.82, 2.24) is 0 Å². The summed E-state index contributed by atoms with van der Waals surface area (Å²) in [6, 6.07) is 0. The Morgan fingerprint density at radius 3 is 1.87 bits per heavy atom. The molecule has 0 amide bonds. The van der Waals surface area contributed by atoms with E-state index in [1.807, 2.05) is 6.92 Å². The van der Waals surface area contributed by atoms with E-state index in [1.54, 1.807) is 13.8 Å². The lowest BCUT2D eigenvalue weighted by Crippen LogP contribution is -2.84. The van der Waals surface area contributed by atoms with Gasteiger partial charge in [-0.3, -0.25) is 24.0 Å². The molecule has 2 saturated heterocycles. The molecule has 17 nitrogen and oxygen atoms in total. The molecule has 2 aliphatic heterocycles. The first kappa shape index (κ1) is 40.3. The summed E-state index contributed by atoms with van der Waals surface area (Å²) in [7, 11) is 1.11. The van der Waals surface area contributed by atoms with Crippen LogP contribution in [0.4, 0.5) is 0 Å². The molecule has 0 radical (unpaired) electrons. The fourth-order valence-electron chi connectivity index (χ4n) is 12.8. The second-order valence-corrected chi connectivity index (χ2v) is 16.8. The SMILES string of the molecule is COC(=O)C12OC1C(O)CC1(O)C3CCC4(C)C(C(OC(C)=O)C(OC(C)=O)C5([C@H](C)OC(C)=O)COC(O)C45)C3(C)C(OC(C)=O)C(OC(C)=O)C12C. The number of methoxy groups -OCH3 is 1. The van der Waals surface area contributed by atoms with E-state index in [4.69, 9.17) is 37.9 Å². The minimum atomic E-state index is -2.15. The average molecular weight is 769 g/mol. The second kappa shape index (κ2) is 12.8. The highest BCUT2D eigenvalue weighted by atomic mass is 16.7. The van der Waals surface area contributed by atoms with Crippen LogP contribution in [0.1, 0.15) is 81.6 Å². The molecule has 6 fully saturated rings. The molecule has 6 aliphatic rings. The van der Waals surface area contributed by atoms with Crippen LogP contribution in [0, 0.1) is 39.4 Å². The van der Waals surface area contributed by atoms with Crippen LogP contribution < -0.4 is 0 Å². The minimum Gasteiger partial charge on any atom is -0.467 e. The normalized spacial score (nSPS) is 48.8. The molecule has 16 unspecified atom stereocenters. The molecule has 0 bridgehead atoms. The Morgan fingerprint density at radius 1 is 0.778 bits per heavy atom. The van der Waals surface area contributed by atoms with Crippen molar-refractivity contribution in [2.45, 2.75) is 142 Å². The summed E-state index contributed by atoms with van der Waals surface area (Å²) in [5.41, 5.74) is -10.5. The van der Waals surface area contributed by atoms with Crippen molar-refractivity contribution in [1.29, 1.82) is 0 Å². The van der Waals surface area contributed by atoms with E-state index in [9.17, 15) is 44.1 Å². The van der Waals surface area contributed by atoms with E-state index in [1.165, 1.54) is 13.8 Å². The Bertz CT molecular complexity index is 1630. The first-order valence-corrected chi connectivity index (χ1v) is 18.3. The molecule has 3 N–H and O–H groups in total. The molecule has 4 aliphatic carbocycles. The lowest BCUT2D eigenvalue weighted by Gasteiger charge is -2.74. The average Bonchev–Trinajstić information content (AvgIpc) is 3.72. The number of esters is 6. The largest absolute Gasteiger partial charge is 0.467 e. The van der Waals surface area contributed by atoms with Gasteiger partial charge in [-0.05, 0) is 38.0 Å². The van der Waals surface area contributed by atoms with Crippen molar-refractivity contribution in [3.8, 4) is 0 Å². The van der Waals surface area contributed by atoms with Crippen LogP contribution in [0.3, 0.4) is 0 Å². The molecule has 17 atom stereocenters. The molecule has 17 heteroatoms. The van der Waals surface area contributed by atoms with E-state index in [0.717, 1.165) is 34.8 Å². The van der Waals surface area contributed by atoms with Crippen LogP contribution in [0.5, 0.6) is 0 Å². The van der Waals surface area contributed by atoms with Gasteiger partial charge in [0.05, 0.1) is 36.3 Å². The third-order valence-electron chi connectivity index (χ3n) is 14.3. The number of carbonyl (C=O) groups is 6. The van der Waals surface area contributed by atoms with Gasteiger partial charge in [-0.2, -0.15) is 0 Å². The topological polar surface area (TPSA) is 240 Å². The number of fused-ring (bicyclic) bond motifs is 9. The third-order valence-corrected chi connectivity index (χ3v) is 14.3. The molecule has 0 spiro atoms. The Labute approximate surface area is 312 Å². The molecule has 54 heavy (non-hydrogen) atoms. The van der Waals surface area contributed by atoms with Gasteiger partial charge < -0.3 is 53.2 Å². The van der Waals surface area contributed by atoms with E-state index in [2.05, 4.69) is 0 Å². The summed E-state index contributed by atoms with van der Waals surface area (Å²) in [6.45, 7) is 12.0. The quantitative estimate of drug-likeness (QED) is 0.181. The van der Waals surface area contributed by atoms with Crippen LogP contribution in [0.25, 0.3) is 0 Å². The second-order valence-electron chi connectivity index (χ2n) is 16.8. The van der Waals surface area contributed by atoms with E-state index in [-0.39, 0.29) is 25.9 Å². The van der Waals surface area contributed by atoms with Gasteiger partial charge in [0.15, 0.2) is 18.5 Å². The predicted molar refractivity (Wildman–Crippen MR) is 177 cm³/mol. The summed E-state index contributed by atoms with van der Waals surface area (Å²) < 4.78 is 47.5. The van der Waals surface area contributed by atoms with Gasteiger partial charge in [-0.15, -0.1) is 0 Å². The van der Waals surface area contributed by atoms with Crippen molar-refractivity contribution in [3.63, 3.8) is 0 Å². The van der Waals surface area contributed by atoms with Crippen LogP contribution in [-0.2, 0) is 66.7 Å². The van der Waals surface area contributed by atoms with Gasteiger partial charge in [0.2, 0.25) is 5.60 Å². The number of epoxide rings is 1. The van der Waals surface area contributed by atoms with Gasteiger partial charge in [-0.25, -0.2) is 4.79 Å². The highest BCUT2D eigenvalue weighted by molar-refractivity contribution is 5.86. The summed E-state index contributed by atoms with van der Waals surface area (Å²) in [5, 5.41) is 36.8. The van der Waals surface area contributed by atoms with Crippen molar-refractivity contribution in [3.05, 3.63) is 0 Å². The van der Waals surface area contributed by atoms with Gasteiger partial charge in [-0.1, -0.05) is 13.8 Å². The smallest absolute Gasteiger partial charge is 0.341 e. The Morgan fingerprint density at radius 2 is 1.33 bits per heavy atom. The Kier molecular flexibility index (Phi) is 9.57. The van der Waals surface area contributed by atoms with Gasteiger partial charge in [0, 0.05) is 58.3 Å². The number of aliphatic hydroxyl groups excluding tert-OH is 2. The Hall–Kier alpha value is -3.38. The molecular weight excluding hydrogens is 716 g/mol. The molecule has 0 aromatic rings. The third kappa shape index (κ3) is 4.99. The van der Waals surface area contributed by atoms with Crippen LogP contribution in [0.15, 0.2) is 0 Å². The molecule has 0 aromatic heterocycles. The molecule has 4 saturated carbocycles. The first-order valence-electron chi connectivity index (χ1n) is 18.3. The summed E-state index contributed by atoms with van der Waals surface area (Å²) >= 11 is 0. The zero-order valence-electron chi connectivity index (χ0n) is 32.2. The van der Waals surface area contributed by atoms with Crippen LogP contribution in [-0.4, -0.2) is 125 Å². The minimum absolute atomic E-state index is 0.0844. The maximum Gasteiger partial charge on any atom is 0.341 e. The molecule has 2 heterocycles. The van der Waals surface area contributed by atoms with E-state index < -0.39 is 135 Å².